The lowest BCUT2D eigenvalue weighted by atomic mass is 10.0. The van der Waals surface area contributed by atoms with Gasteiger partial charge in [-0.1, -0.05) is 194 Å². The minimum absolute atomic E-state index is 0.0293. The van der Waals surface area contributed by atoms with Crippen LogP contribution in [0, 0.1) is 0 Å². The van der Waals surface area contributed by atoms with E-state index in [1.165, 1.54) is 61.1 Å². The Morgan fingerprint density at radius 1 is 0.270 bits per heavy atom. The lowest BCUT2D eigenvalue weighted by Gasteiger charge is -2.13. The van der Waals surface area contributed by atoms with Gasteiger partial charge in [-0.3, -0.25) is 28.3 Å². The highest BCUT2D eigenvalue weighted by atomic mass is 32.2. The average Bonchev–Trinajstić information content (AvgIpc) is 1.60. The number of aromatic amines is 2. The summed E-state index contributed by atoms with van der Waals surface area (Å²) < 4.78 is 110. The highest BCUT2D eigenvalue weighted by Crippen LogP contribution is 2.34. The number of rotatable bonds is 14. The van der Waals surface area contributed by atoms with E-state index in [-0.39, 0.29) is 41.8 Å². The molecule has 0 bridgehead atoms. The fourth-order valence-electron chi connectivity index (χ4n) is 14.9. The summed E-state index contributed by atoms with van der Waals surface area (Å²) in [6.07, 6.45) is 0. The number of benzene rings is 12. The van der Waals surface area contributed by atoms with Crippen molar-refractivity contribution in [2.24, 2.45) is 24.4 Å². The standard InChI is InChI=1S/C25H22N4O3S.C24H20N4O3S.C23H18N4O3S.C22H16N4O3S/c1-27(2)33(31,32)20-11-7-10-18(14-20)19-12-13-21-23(15-19)29-24(28(3)25(21)30)16-22(26-29)17-8-5-4-6-9-17;1-27(2)32(30,31)19-10-6-9-17(13-19)18-11-12-20-22(14-18)28-23(25-24(20)29)15-21(26-28)16-7-4-3-5-8-16;1-26-22-14-20(15-6-3-2-4-7-15)25-27(22)21-13-17(10-11-19(21)23(26)28)16-8-5-9-18(12-16)31(24,29)30;23-30(28,29)17-8-4-7-15(11-17)16-9-10-18-20(12-16)26-21(24-22(18)27)13-19(25-26)14-5-2-1-3-6-14/h4-16H,1-3H3;3-15H,1-2H3,(H,25,29);2-14H,1H3,(H2,24,29,30);1-13H,(H,24,27)(H2,23,28,29). The number of sulfonamides is 4. The van der Waals surface area contributed by atoms with E-state index in [9.17, 15) is 52.8 Å². The van der Waals surface area contributed by atoms with Gasteiger partial charge in [0, 0.05) is 88.8 Å². The van der Waals surface area contributed by atoms with Gasteiger partial charge in [0.25, 0.3) is 22.2 Å². The van der Waals surface area contributed by atoms with Gasteiger partial charge in [-0.25, -0.2) is 70.6 Å². The Balaban J connectivity index is 0.000000119. The third-order valence-corrected chi connectivity index (χ3v) is 27.0. The van der Waals surface area contributed by atoms with Crippen LogP contribution in [0.2, 0.25) is 0 Å². The van der Waals surface area contributed by atoms with E-state index < -0.39 is 40.1 Å². The largest absolute Gasteiger partial charge is 0.306 e. The molecule has 0 aliphatic rings. The Hall–Kier alpha value is -15.0. The summed E-state index contributed by atoms with van der Waals surface area (Å²) in [5.41, 5.74) is 17.1. The topological polar surface area (TPSA) is 374 Å². The number of primary sulfonamides is 2. The van der Waals surface area contributed by atoms with Crippen LogP contribution in [-0.2, 0) is 54.2 Å². The van der Waals surface area contributed by atoms with E-state index in [4.69, 9.17) is 25.6 Å². The highest BCUT2D eigenvalue weighted by Gasteiger charge is 2.24. The molecule has 0 spiro atoms. The zero-order valence-corrected chi connectivity index (χ0v) is 71.3. The molecule has 0 aliphatic heterocycles. The van der Waals surface area contributed by atoms with E-state index >= 15 is 0 Å². The van der Waals surface area contributed by atoms with Crippen molar-refractivity contribution in [3.63, 3.8) is 0 Å². The molecule has 8 aromatic heterocycles. The number of nitrogens with zero attached hydrogens (tertiary/aromatic N) is 12. The molecule has 20 rings (SSSR count). The number of aromatic nitrogens is 12. The van der Waals surface area contributed by atoms with Crippen LogP contribution in [0.15, 0.2) is 354 Å². The monoisotopic (exact) mass is 1750 g/mol. The predicted octanol–water partition coefficient (Wildman–Crippen LogP) is 13.9. The number of H-pyrrole nitrogens is 2. The van der Waals surface area contributed by atoms with E-state index in [1.807, 2.05) is 194 Å². The predicted molar refractivity (Wildman–Crippen MR) is 490 cm³/mol. The number of hydrogen-bond donors (Lipinski definition) is 4. The van der Waals surface area contributed by atoms with Crippen LogP contribution in [-0.4, -0.2) is 128 Å². The van der Waals surface area contributed by atoms with Gasteiger partial charge < -0.3 is 9.97 Å². The van der Waals surface area contributed by atoms with Crippen LogP contribution in [0.5, 0.6) is 0 Å². The zero-order chi connectivity index (χ0) is 88.4. The van der Waals surface area contributed by atoms with Crippen molar-refractivity contribution in [2.75, 3.05) is 28.2 Å². The number of nitrogens with one attached hydrogen (secondary N) is 2. The van der Waals surface area contributed by atoms with Crippen molar-refractivity contribution in [2.45, 2.75) is 19.6 Å². The first-order valence-electron chi connectivity index (χ1n) is 39.1. The maximum atomic E-state index is 13.0. The van der Waals surface area contributed by atoms with Crippen molar-refractivity contribution in [3.05, 3.63) is 357 Å². The third-order valence-electron chi connectivity index (χ3n) is 21.6. The van der Waals surface area contributed by atoms with Gasteiger partial charge in [-0.15, -0.1) is 0 Å². The molecule has 0 saturated heterocycles. The summed E-state index contributed by atoms with van der Waals surface area (Å²) in [6.45, 7) is 0. The lowest BCUT2D eigenvalue weighted by molar-refractivity contribution is 0.520. The van der Waals surface area contributed by atoms with Gasteiger partial charge in [0.15, 0.2) is 0 Å². The first-order chi connectivity index (χ1) is 60.3. The van der Waals surface area contributed by atoms with Crippen LogP contribution in [0.25, 0.3) is 156 Å². The summed E-state index contributed by atoms with van der Waals surface area (Å²) in [5.74, 6) is 0. The Labute approximate surface area is 719 Å². The van der Waals surface area contributed by atoms with Gasteiger partial charge >= 0.3 is 0 Å². The highest BCUT2D eigenvalue weighted by molar-refractivity contribution is 7.90. The molecule has 0 atom stereocenters. The van der Waals surface area contributed by atoms with E-state index in [0.717, 1.165) is 78.4 Å². The second-order valence-corrected chi connectivity index (χ2v) is 37.5. The van der Waals surface area contributed by atoms with Crippen LogP contribution < -0.4 is 32.5 Å². The van der Waals surface area contributed by atoms with Gasteiger partial charge in [0.05, 0.1) is 86.0 Å². The quantitative estimate of drug-likeness (QED) is 0.0785. The molecule has 0 unspecified atom stereocenters. The van der Waals surface area contributed by atoms with Crippen LogP contribution in [0.4, 0.5) is 0 Å². The molecule has 0 aliphatic carbocycles. The van der Waals surface area contributed by atoms with E-state index in [1.54, 1.807) is 138 Å². The Morgan fingerprint density at radius 2 is 0.516 bits per heavy atom. The van der Waals surface area contributed by atoms with Crippen molar-refractivity contribution in [3.8, 4) is 89.5 Å². The van der Waals surface area contributed by atoms with Crippen molar-refractivity contribution >= 4 is 106 Å². The number of nitrogens with two attached hydrogens (primary N) is 2. The minimum Gasteiger partial charge on any atom is -0.306 e. The van der Waals surface area contributed by atoms with E-state index in [0.29, 0.717) is 77.3 Å². The molecule has 20 aromatic rings. The van der Waals surface area contributed by atoms with Crippen molar-refractivity contribution in [1.29, 1.82) is 0 Å². The summed E-state index contributed by atoms with van der Waals surface area (Å²) in [6, 6.07) is 94.3. The molecule has 12 aromatic carbocycles. The summed E-state index contributed by atoms with van der Waals surface area (Å²) in [7, 11) is -5.29. The lowest BCUT2D eigenvalue weighted by Crippen LogP contribution is -2.22. The second-order valence-electron chi connectivity index (χ2n) is 30.1. The van der Waals surface area contributed by atoms with E-state index in [2.05, 4.69) is 15.1 Å². The smallest absolute Gasteiger partial charge is 0.261 e. The molecule has 126 heavy (non-hydrogen) atoms. The number of aryl methyl sites for hydroxylation is 2. The first-order valence-corrected chi connectivity index (χ1v) is 45.0. The normalized spacial score (nSPS) is 12.0. The summed E-state index contributed by atoms with van der Waals surface area (Å²) in [4.78, 5) is 57.5. The molecular formula is C94H76N16O12S4. The Morgan fingerprint density at radius 3 is 0.810 bits per heavy atom. The Kier molecular flexibility index (Phi) is 21.8. The van der Waals surface area contributed by atoms with Gasteiger partial charge in [0.1, 0.15) is 22.6 Å². The van der Waals surface area contributed by atoms with Crippen molar-refractivity contribution in [1.82, 2.24) is 66.2 Å². The Bertz CT molecular complexity index is 8530. The fourth-order valence-corrected chi connectivity index (χ4v) is 17.9. The molecule has 28 nitrogen and oxygen atoms in total. The number of hydrogen-bond acceptors (Lipinski definition) is 16. The molecule has 0 fully saturated rings. The van der Waals surface area contributed by atoms with Gasteiger partial charge in [-0.2, -0.15) is 20.4 Å². The summed E-state index contributed by atoms with van der Waals surface area (Å²) in [5, 5.41) is 31.5. The molecule has 32 heteroatoms. The van der Waals surface area contributed by atoms with Gasteiger partial charge in [-0.05, 0) is 142 Å². The van der Waals surface area contributed by atoms with Crippen molar-refractivity contribution < 1.29 is 33.7 Å². The zero-order valence-electron chi connectivity index (χ0n) is 68.1. The summed E-state index contributed by atoms with van der Waals surface area (Å²) >= 11 is 0. The first kappa shape index (κ1) is 83.3. The molecular weight excluding hydrogens is 1670 g/mol. The molecule has 628 valence electrons. The molecule has 0 saturated carbocycles. The van der Waals surface area contributed by atoms with Gasteiger partial charge in [0.2, 0.25) is 40.1 Å². The van der Waals surface area contributed by atoms with Crippen LogP contribution in [0.1, 0.15) is 0 Å². The average molecular weight is 1750 g/mol. The third kappa shape index (κ3) is 16.1. The molecule has 6 N–H and O–H groups in total. The molecule has 8 heterocycles. The van der Waals surface area contributed by atoms with Crippen LogP contribution in [0.3, 0.4) is 0 Å². The maximum Gasteiger partial charge on any atom is 0.261 e. The molecule has 0 amide bonds. The van der Waals surface area contributed by atoms with Crippen LogP contribution >= 0.6 is 0 Å². The number of fused-ring (bicyclic) bond motifs is 12. The minimum atomic E-state index is -3.82. The fraction of sp³-hybridized carbons (Fsp3) is 0.0638. The molecule has 0 radical (unpaired) electrons. The SMILES string of the molecule is CN(C)S(=O)(=O)c1cccc(-c2ccc3c(=O)[nH]c4cc(-c5ccccc5)nn4c3c2)c1.CN(C)S(=O)(=O)c1cccc(-c2ccc3c(=O)n(C)c4cc(-c5ccccc5)nn4c3c2)c1.Cn1c(=O)c2ccc(-c3cccc(S(N)(=O)=O)c3)cc2n2nc(-c3ccccc3)cc12.NS(=O)(=O)c1cccc(-c2ccc3c(=O)[nH]c4cc(-c5ccccc5)nn4c3c2)c1. The second kappa shape index (κ2) is 33.0. The maximum absolute atomic E-state index is 13.0.